The molecule has 4 nitrogen and oxygen atoms in total. The number of benzene rings is 8. The first kappa shape index (κ1) is 31.1. The molecule has 0 aliphatic heterocycles. The van der Waals surface area contributed by atoms with E-state index in [9.17, 15) is 0 Å². The summed E-state index contributed by atoms with van der Waals surface area (Å²) in [5, 5.41) is 6.53. The van der Waals surface area contributed by atoms with Crippen molar-refractivity contribution >= 4 is 54.5 Å². The molecule has 0 fully saturated rings. The van der Waals surface area contributed by atoms with E-state index >= 15 is 0 Å². The molecule has 0 aliphatic carbocycles. The van der Waals surface area contributed by atoms with Gasteiger partial charge in [-0.3, -0.25) is 0 Å². The van der Waals surface area contributed by atoms with E-state index in [1.807, 2.05) is 36.4 Å². The summed E-state index contributed by atoms with van der Waals surface area (Å²) in [6, 6.07) is 65.5. The van der Waals surface area contributed by atoms with Crippen LogP contribution in [0.5, 0.6) is 0 Å². The number of rotatable bonds is 5. The molecule has 256 valence electrons. The third-order valence-electron chi connectivity index (χ3n) is 10.7. The van der Waals surface area contributed by atoms with Gasteiger partial charge in [-0.1, -0.05) is 164 Å². The molecule has 0 radical (unpaired) electrons. The van der Waals surface area contributed by atoms with Crippen molar-refractivity contribution in [1.82, 2.24) is 15.0 Å². The highest BCUT2D eigenvalue weighted by Gasteiger charge is 2.18. The van der Waals surface area contributed by atoms with Crippen molar-refractivity contribution in [2.75, 3.05) is 0 Å². The van der Waals surface area contributed by atoms with Gasteiger partial charge in [0, 0.05) is 49.0 Å². The molecule has 0 N–H and O–H groups in total. The number of fused-ring (bicyclic) bond motifs is 8. The van der Waals surface area contributed by atoms with Gasteiger partial charge in [0.1, 0.15) is 11.2 Å². The van der Waals surface area contributed by atoms with E-state index < -0.39 is 0 Å². The molecule has 11 aromatic rings. The van der Waals surface area contributed by atoms with Gasteiger partial charge in [-0.15, -0.1) is 0 Å². The molecule has 3 heterocycles. The van der Waals surface area contributed by atoms with E-state index in [1.54, 1.807) is 0 Å². The number of aromatic nitrogens is 3. The first-order valence-electron chi connectivity index (χ1n) is 18.5. The normalized spacial score (nSPS) is 11.6. The number of furan rings is 1. The number of nitrogens with zero attached hydrogens (tertiary/aromatic N) is 3. The van der Waals surface area contributed by atoms with Crippen molar-refractivity contribution in [2.45, 2.75) is 0 Å². The van der Waals surface area contributed by atoms with Crippen LogP contribution in [0.2, 0.25) is 0 Å². The molecule has 8 aromatic carbocycles. The molecule has 4 heteroatoms. The minimum atomic E-state index is 0.704. The highest BCUT2D eigenvalue weighted by molar-refractivity contribution is 6.24. The molecule has 0 saturated heterocycles. The lowest BCUT2D eigenvalue weighted by molar-refractivity contribution is 0.673. The van der Waals surface area contributed by atoms with Gasteiger partial charge in [-0.25, -0.2) is 15.0 Å². The summed E-state index contributed by atoms with van der Waals surface area (Å²) in [5.41, 5.74) is 13.2. The smallest absolute Gasteiger partial charge is 0.160 e. The lowest BCUT2D eigenvalue weighted by Crippen LogP contribution is -1.95. The minimum Gasteiger partial charge on any atom is -0.455 e. The summed E-state index contributed by atoms with van der Waals surface area (Å²) in [4.78, 5) is 15.3. The van der Waals surface area contributed by atoms with Gasteiger partial charge in [0.25, 0.3) is 0 Å². The second kappa shape index (κ2) is 12.6. The molecule has 0 aliphatic rings. The second-order valence-electron chi connectivity index (χ2n) is 14.0. The van der Waals surface area contributed by atoms with E-state index in [1.165, 1.54) is 11.1 Å². The number of pyridine rings is 1. The summed E-state index contributed by atoms with van der Waals surface area (Å²) >= 11 is 0. The summed E-state index contributed by atoms with van der Waals surface area (Å²) in [6.07, 6.45) is 0. The predicted octanol–water partition coefficient (Wildman–Crippen LogP) is 13.6. The van der Waals surface area contributed by atoms with Crippen LogP contribution >= 0.6 is 0 Å². The Morgan fingerprint density at radius 1 is 0.291 bits per heavy atom. The first-order valence-corrected chi connectivity index (χ1v) is 18.5. The minimum absolute atomic E-state index is 0.704. The van der Waals surface area contributed by atoms with Gasteiger partial charge in [0.05, 0.1) is 22.4 Å². The zero-order valence-corrected chi connectivity index (χ0v) is 29.6. The Balaban J connectivity index is 0.941. The van der Waals surface area contributed by atoms with Crippen molar-refractivity contribution in [2.24, 2.45) is 0 Å². The quantitative estimate of drug-likeness (QED) is 0.168. The van der Waals surface area contributed by atoms with Gasteiger partial charge in [-0.2, -0.15) is 0 Å². The van der Waals surface area contributed by atoms with Crippen LogP contribution in [0.15, 0.2) is 192 Å². The number of hydrogen-bond donors (Lipinski definition) is 0. The average molecular weight is 702 g/mol. The van der Waals surface area contributed by atoms with Gasteiger partial charge < -0.3 is 4.42 Å². The number of para-hydroxylation sites is 3. The Morgan fingerprint density at radius 3 is 1.44 bits per heavy atom. The van der Waals surface area contributed by atoms with Crippen LogP contribution in [0.25, 0.3) is 111 Å². The number of hydrogen-bond acceptors (Lipinski definition) is 4. The van der Waals surface area contributed by atoms with Crippen LogP contribution < -0.4 is 0 Å². The van der Waals surface area contributed by atoms with Gasteiger partial charge in [0.2, 0.25) is 0 Å². The fraction of sp³-hybridized carbons (Fsp3) is 0. The highest BCUT2D eigenvalue weighted by Crippen LogP contribution is 2.41. The fourth-order valence-corrected chi connectivity index (χ4v) is 7.95. The van der Waals surface area contributed by atoms with Gasteiger partial charge >= 0.3 is 0 Å². The molecular weight excluding hydrogens is 671 g/mol. The fourth-order valence-electron chi connectivity index (χ4n) is 7.95. The molecule has 0 atom stereocenters. The predicted molar refractivity (Wildman–Crippen MR) is 227 cm³/mol. The Bertz CT molecular complexity index is 3220. The van der Waals surface area contributed by atoms with E-state index in [-0.39, 0.29) is 0 Å². The Morgan fingerprint density at radius 2 is 0.764 bits per heavy atom. The molecule has 0 bridgehead atoms. The Kier molecular flexibility index (Phi) is 7.14. The average Bonchev–Trinajstić information content (AvgIpc) is 3.65. The van der Waals surface area contributed by atoms with E-state index in [0.29, 0.717) is 5.82 Å². The van der Waals surface area contributed by atoms with Crippen LogP contribution in [0.3, 0.4) is 0 Å². The lowest BCUT2D eigenvalue weighted by atomic mass is 9.96. The maximum atomic E-state index is 6.52. The van der Waals surface area contributed by atoms with Crippen LogP contribution in [-0.2, 0) is 0 Å². The molecule has 11 rings (SSSR count). The lowest BCUT2D eigenvalue weighted by Gasteiger charge is -2.12. The van der Waals surface area contributed by atoms with Crippen molar-refractivity contribution in [1.29, 1.82) is 0 Å². The molecule has 0 unspecified atom stereocenters. The van der Waals surface area contributed by atoms with Gasteiger partial charge in [0.15, 0.2) is 5.82 Å². The third-order valence-corrected chi connectivity index (χ3v) is 10.7. The van der Waals surface area contributed by atoms with E-state index in [0.717, 1.165) is 93.7 Å². The third kappa shape index (κ3) is 5.26. The second-order valence-corrected chi connectivity index (χ2v) is 14.0. The molecule has 0 spiro atoms. The van der Waals surface area contributed by atoms with Crippen molar-refractivity contribution in [3.8, 4) is 56.2 Å². The first-order chi connectivity index (χ1) is 27.2. The SMILES string of the molecule is c1ccc(-c2ccc(-c3nc(-c4ccc(-c5ccc(-c6nc7ccccc7c7c6ccc6c8ccccc8oc67)cc5)cc4)nc4ccccc34)cc2)cc1. The van der Waals surface area contributed by atoms with Crippen molar-refractivity contribution in [3.63, 3.8) is 0 Å². The molecule has 3 aromatic heterocycles. The monoisotopic (exact) mass is 701 g/mol. The summed E-state index contributed by atoms with van der Waals surface area (Å²) < 4.78 is 6.52. The summed E-state index contributed by atoms with van der Waals surface area (Å²) in [6.45, 7) is 0. The van der Waals surface area contributed by atoms with E-state index in [2.05, 4.69) is 152 Å². The molecule has 0 saturated carbocycles. The van der Waals surface area contributed by atoms with Crippen LogP contribution in [0.4, 0.5) is 0 Å². The van der Waals surface area contributed by atoms with Crippen molar-refractivity contribution < 1.29 is 4.42 Å². The maximum absolute atomic E-state index is 6.52. The molecule has 0 amide bonds. The topological polar surface area (TPSA) is 51.8 Å². The largest absolute Gasteiger partial charge is 0.455 e. The summed E-state index contributed by atoms with van der Waals surface area (Å²) in [7, 11) is 0. The standard InChI is InChI=1S/C51H31N3O/c1-2-10-32(11-3-1)33-18-24-36(25-19-33)48-42-14-5-8-16-45(42)53-51(54-48)38-28-22-35(23-29-38)34-20-26-37(27-21-34)49-43-31-30-40-39-12-6-9-17-46(39)55-50(40)47(43)41-13-4-7-15-44(41)52-49/h1-31H. The van der Waals surface area contributed by atoms with Crippen LogP contribution in [0, 0.1) is 0 Å². The summed E-state index contributed by atoms with van der Waals surface area (Å²) in [5.74, 6) is 0.704. The maximum Gasteiger partial charge on any atom is 0.160 e. The Labute approximate surface area is 317 Å². The highest BCUT2D eigenvalue weighted by atomic mass is 16.3. The Hall–Kier alpha value is -7.43. The van der Waals surface area contributed by atoms with Crippen LogP contribution in [0.1, 0.15) is 0 Å². The van der Waals surface area contributed by atoms with Crippen LogP contribution in [-0.4, -0.2) is 15.0 Å². The van der Waals surface area contributed by atoms with E-state index in [4.69, 9.17) is 19.4 Å². The van der Waals surface area contributed by atoms with Gasteiger partial charge in [-0.05, 0) is 46.5 Å². The molecular formula is C51H31N3O. The van der Waals surface area contributed by atoms with Crippen molar-refractivity contribution in [3.05, 3.63) is 188 Å². The zero-order chi connectivity index (χ0) is 36.3. The molecule has 55 heavy (non-hydrogen) atoms. The zero-order valence-electron chi connectivity index (χ0n) is 29.6.